The van der Waals surface area contributed by atoms with Gasteiger partial charge in [0.05, 0.1) is 6.61 Å². The molecule has 98 valence electrons. The van der Waals surface area contributed by atoms with Crippen LogP contribution in [-0.4, -0.2) is 35.0 Å². The Hall–Kier alpha value is -0.940. The maximum atomic E-state index is 5.81. The molecule has 1 atom stereocenters. The maximum absolute atomic E-state index is 5.81. The lowest BCUT2D eigenvalue weighted by molar-refractivity contribution is 0.186. The Morgan fingerprint density at radius 2 is 2.24 bits per heavy atom. The summed E-state index contributed by atoms with van der Waals surface area (Å²) in [5.41, 5.74) is 5.81. The Morgan fingerprint density at radius 1 is 1.47 bits per heavy atom. The van der Waals surface area contributed by atoms with Gasteiger partial charge < -0.3 is 15.0 Å². The van der Waals surface area contributed by atoms with Crippen LogP contribution in [0.15, 0.2) is 6.33 Å². The molecular weight excluding hydrogens is 216 g/mol. The van der Waals surface area contributed by atoms with Crippen molar-refractivity contribution in [2.24, 2.45) is 17.6 Å². The summed E-state index contributed by atoms with van der Waals surface area (Å²) < 4.78 is 7.11. The third-order valence-electron chi connectivity index (χ3n) is 2.84. The predicted octanol–water partition coefficient (Wildman–Crippen LogP) is 1.09. The molecule has 0 aromatic carbocycles. The molecule has 0 bridgehead atoms. The van der Waals surface area contributed by atoms with Gasteiger partial charge in [-0.1, -0.05) is 13.8 Å². The second-order valence-electron chi connectivity index (χ2n) is 4.87. The molecule has 1 heterocycles. The molecule has 0 saturated heterocycles. The first kappa shape index (κ1) is 14.1. The lowest BCUT2D eigenvalue weighted by atomic mass is 9.94. The van der Waals surface area contributed by atoms with E-state index in [0.29, 0.717) is 25.0 Å². The van der Waals surface area contributed by atoms with E-state index in [2.05, 4.69) is 24.0 Å². The Kier molecular flexibility index (Phi) is 6.15. The number of hydrogen-bond acceptors (Lipinski definition) is 4. The molecule has 1 aromatic heterocycles. The molecule has 0 aliphatic carbocycles. The van der Waals surface area contributed by atoms with Crippen LogP contribution in [0.1, 0.15) is 26.1 Å². The van der Waals surface area contributed by atoms with Crippen molar-refractivity contribution in [1.29, 1.82) is 0 Å². The Balaban J connectivity index is 2.56. The molecule has 17 heavy (non-hydrogen) atoms. The minimum Gasteiger partial charge on any atom is -0.383 e. The number of nitrogens with two attached hydrogens (primary N) is 1. The molecule has 0 aliphatic heterocycles. The second kappa shape index (κ2) is 7.40. The zero-order chi connectivity index (χ0) is 12.7. The number of aromatic nitrogens is 3. The van der Waals surface area contributed by atoms with Crippen LogP contribution < -0.4 is 5.73 Å². The van der Waals surface area contributed by atoms with Crippen molar-refractivity contribution in [1.82, 2.24) is 14.8 Å². The quantitative estimate of drug-likeness (QED) is 0.738. The maximum Gasteiger partial charge on any atom is 0.133 e. The molecule has 0 saturated carbocycles. The predicted molar refractivity (Wildman–Crippen MR) is 67.6 cm³/mol. The van der Waals surface area contributed by atoms with Crippen molar-refractivity contribution in [2.45, 2.75) is 33.2 Å². The van der Waals surface area contributed by atoms with E-state index >= 15 is 0 Å². The van der Waals surface area contributed by atoms with Crippen LogP contribution in [0.4, 0.5) is 0 Å². The smallest absolute Gasteiger partial charge is 0.133 e. The van der Waals surface area contributed by atoms with Crippen molar-refractivity contribution >= 4 is 0 Å². The Labute approximate surface area is 103 Å². The summed E-state index contributed by atoms with van der Waals surface area (Å²) in [5, 5.41) is 8.12. The topological polar surface area (TPSA) is 66.0 Å². The van der Waals surface area contributed by atoms with Gasteiger partial charge in [0.2, 0.25) is 0 Å². The molecule has 0 spiro atoms. The summed E-state index contributed by atoms with van der Waals surface area (Å²) in [4.78, 5) is 0. The van der Waals surface area contributed by atoms with E-state index in [-0.39, 0.29) is 0 Å². The highest BCUT2D eigenvalue weighted by Crippen LogP contribution is 2.15. The highest BCUT2D eigenvalue weighted by atomic mass is 16.5. The van der Waals surface area contributed by atoms with Gasteiger partial charge in [-0.05, 0) is 24.8 Å². The van der Waals surface area contributed by atoms with Gasteiger partial charge in [-0.15, -0.1) is 10.2 Å². The summed E-state index contributed by atoms with van der Waals surface area (Å²) in [5.74, 6) is 2.16. The van der Waals surface area contributed by atoms with Crippen LogP contribution >= 0.6 is 0 Å². The Bertz CT molecular complexity index is 311. The largest absolute Gasteiger partial charge is 0.383 e. The summed E-state index contributed by atoms with van der Waals surface area (Å²) in [6.07, 6.45) is 3.79. The summed E-state index contributed by atoms with van der Waals surface area (Å²) in [6, 6.07) is 0. The summed E-state index contributed by atoms with van der Waals surface area (Å²) in [6.45, 7) is 6.63. The highest BCUT2D eigenvalue weighted by Gasteiger charge is 2.14. The van der Waals surface area contributed by atoms with Crippen molar-refractivity contribution < 1.29 is 4.74 Å². The minimum atomic E-state index is 0.487. The van der Waals surface area contributed by atoms with Gasteiger partial charge in [0.25, 0.3) is 0 Å². The van der Waals surface area contributed by atoms with E-state index in [0.717, 1.165) is 25.2 Å². The summed E-state index contributed by atoms with van der Waals surface area (Å²) in [7, 11) is 1.70. The molecule has 5 nitrogen and oxygen atoms in total. The molecule has 0 aliphatic rings. The monoisotopic (exact) mass is 240 g/mol. The fraction of sp³-hybridized carbons (Fsp3) is 0.833. The number of ether oxygens (including phenoxy) is 1. The Morgan fingerprint density at radius 3 is 2.82 bits per heavy atom. The van der Waals surface area contributed by atoms with Crippen LogP contribution in [0.25, 0.3) is 0 Å². The van der Waals surface area contributed by atoms with Gasteiger partial charge in [0, 0.05) is 20.1 Å². The van der Waals surface area contributed by atoms with Gasteiger partial charge in [-0.2, -0.15) is 0 Å². The van der Waals surface area contributed by atoms with E-state index in [1.54, 1.807) is 13.4 Å². The van der Waals surface area contributed by atoms with Crippen molar-refractivity contribution in [3.8, 4) is 0 Å². The lowest BCUT2D eigenvalue weighted by Gasteiger charge is -2.16. The van der Waals surface area contributed by atoms with Crippen LogP contribution in [0.5, 0.6) is 0 Å². The molecule has 5 heteroatoms. The number of hydrogen-bond donors (Lipinski definition) is 1. The van der Waals surface area contributed by atoms with E-state index in [1.807, 2.05) is 4.57 Å². The fourth-order valence-corrected chi connectivity index (χ4v) is 2.00. The zero-order valence-corrected chi connectivity index (χ0v) is 11.1. The average molecular weight is 240 g/mol. The summed E-state index contributed by atoms with van der Waals surface area (Å²) >= 11 is 0. The second-order valence-corrected chi connectivity index (χ2v) is 4.87. The normalized spacial score (nSPS) is 13.2. The molecule has 0 fully saturated rings. The van der Waals surface area contributed by atoms with Crippen molar-refractivity contribution in [3.63, 3.8) is 0 Å². The van der Waals surface area contributed by atoms with E-state index in [9.17, 15) is 0 Å². The van der Waals surface area contributed by atoms with E-state index in [1.165, 1.54) is 0 Å². The van der Waals surface area contributed by atoms with Gasteiger partial charge >= 0.3 is 0 Å². The minimum absolute atomic E-state index is 0.487. The molecular formula is C12H24N4O. The van der Waals surface area contributed by atoms with Gasteiger partial charge in [-0.25, -0.2) is 0 Å². The van der Waals surface area contributed by atoms with Crippen LogP contribution in [0.2, 0.25) is 0 Å². The third kappa shape index (κ3) is 4.83. The first-order valence-corrected chi connectivity index (χ1v) is 6.23. The number of rotatable bonds is 8. The van der Waals surface area contributed by atoms with Crippen molar-refractivity contribution in [2.75, 3.05) is 20.3 Å². The number of nitrogens with zero attached hydrogens (tertiary/aromatic N) is 3. The van der Waals surface area contributed by atoms with Crippen LogP contribution in [0, 0.1) is 11.8 Å². The molecule has 1 aromatic rings. The molecule has 2 N–H and O–H groups in total. The fourth-order valence-electron chi connectivity index (χ4n) is 2.00. The van der Waals surface area contributed by atoms with Crippen molar-refractivity contribution in [3.05, 3.63) is 12.2 Å². The third-order valence-corrected chi connectivity index (χ3v) is 2.84. The SMILES string of the molecule is COCCn1cnnc1C[C@@H](CN)CC(C)C. The van der Waals surface area contributed by atoms with E-state index < -0.39 is 0 Å². The van der Waals surface area contributed by atoms with Gasteiger partial charge in [0.15, 0.2) is 0 Å². The molecule has 1 rings (SSSR count). The zero-order valence-electron chi connectivity index (χ0n) is 11.1. The number of methoxy groups -OCH3 is 1. The molecule has 0 amide bonds. The molecule has 0 radical (unpaired) electrons. The van der Waals surface area contributed by atoms with Crippen LogP contribution in [0.3, 0.4) is 0 Å². The molecule has 0 unspecified atom stereocenters. The first-order chi connectivity index (χ1) is 8.17. The standard InChI is InChI=1S/C12H24N4O/c1-10(2)6-11(8-13)7-12-15-14-9-16(12)4-5-17-3/h9-11H,4-8,13H2,1-3H3/t11-/m0/s1. The lowest BCUT2D eigenvalue weighted by Crippen LogP contribution is -2.21. The van der Waals surface area contributed by atoms with Gasteiger partial charge in [0.1, 0.15) is 12.2 Å². The van der Waals surface area contributed by atoms with Crippen LogP contribution in [-0.2, 0) is 17.7 Å². The first-order valence-electron chi connectivity index (χ1n) is 6.23. The highest BCUT2D eigenvalue weighted by molar-refractivity contribution is 4.89. The average Bonchev–Trinajstić information content (AvgIpc) is 2.72. The van der Waals surface area contributed by atoms with Gasteiger partial charge in [-0.3, -0.25) is 0 Å². The van der Waals surface area contributed by atoms with E-state index in [4.69, 9.17) is 10.5 Å².